The minimum atomic E-state index is 0.495. The Morgan fingerprint density at radius 2 is 1.49 bits per heavy atom. The molecule has 1 saturated heterocycles. The Kier molecular flexibility index (Phi) is 5.16. The van der Waals surface area contributed by atoms with Crippen LogP contribution in [-0.4, -0.2) is 12.1 Å². The first-order valence-corrected chi connectivity index (χ1v) is 15.7. The van der Waals surface area contributed by atoms with Gasteiger partial charge in [-0.1, -0.05) is 103 Å². The van der Waals surface area contributed by atoms with Gasteiger partial charge in [0.1, 0.15) is 0 Å². The molecule has 0 aromatic carbocycles. The fraction of sp³-hybridized carbons (Fsp3) is 0.421. The lowest BCUT2D eigenvalue weighted by Gasteiger charge is -2.43. The Balaban J connectivity index is 1.000. The molecule has 1 heteroatoms. The molecule has 0 aromatic rings. The van der Waals surface area contributed by atoms with Crippen molar-refractivity contribution < 1.29 is 0 Å². The zero-order valence-electron chi connectivity index (χ0n) is 22.8. The van der Waals surface area contributed by atoms with Crippen molar-refractivity contribution in [1.82, 2.24) is 5.32 Å². The van der Waals surface area contributed by atoms with Crippen LogP contribution >= 0.6 is 0 Å². The van der Waals surface area contributed by atoms with Crippen molar-refractivity contribution >= 4 is 0 Å². The third-order valence-electron chi connectivity index (χ3n) is 11.8. The number of hydrogen-bond donors (Lipinski definition) is 1. The van der Waals surface area contributed by atoms with E-state index in [2.05, 4.69) is 103 Å². The van der Waals surface area contributed by atoms with Crippen LogP contribution in [0, 0.1) is 47.3 Å². The second-order valence-corrected chi connectivity index (χ2v) is 13.5. The van der Waals surface area contributed by atoms with E-state index in [1.54, 1.807) is 16.7 Å². The van der Waals surface area contributed by atoms with Gasteiger partial charge in [0.2, 0.25) is 0 Å². The van der Waals surface area contributed by atoms with Gasteiger partial charge >= 0.3 is 0 Å². The highest BCUT2D eigenvalue weighted by molar-refractivity contribution is 5.62. The molecule has 9 aliphatic rings. The smallest absolute Gasteiger partial charge is 0.0284 e. The summed E-state index contributed by atoms with van der Waals surface area (Å²) in [5.41, 5.74) is 9.42. The van der Waals surface area contributed by atoms with Gasteiger partial charge in [0.05, 0.1) is 0 Å². The zero-order chi connectivity index (χ0) is 25.5. The molecule has 10 atom stereocenters. The average molecular weight is 510 g/mol. The summed E-state index contributed by atoms with van der Waals surface area (Å²) in [6.45, 7) is 0. The molecule has 0 spiro atoms. The predicted molar refractivity (Wildman–Crippen MR) is 161 cm³/mol. The van der Waals surface area contributed by atoms with Gasteiger partial charge in [-0.25, -0.2) is 0 Å². The Morgan fingerprint density at radius 1 is 0.641 bits per heavy atom. The molecule has 8 aliphatic carbocycles. The van der Waals surface area contributed by atoms with Gasteiger partial charge in [-0.15, -0.1) is 0 Å². The molecule has 1 heterocycles. The molecular formula is C38H39N. The molecule has 196 valence electrons. The minimum absolute atomic E-state index is 0.495. The van der Waals surface area contributed by atoms with E-state index in [1.807, 2.05) is 0 Å². The van der Waals surface area contributed by atoms with Crippen molar-refractivity contribution in [1.29, 1.82) is 0 Å². The standard InChI is InChI=1S/C38H39N/c1-2-9-29-23(5-1)6-4-10-30(29)27-15-19-35-33(21-27)34-22-28(16-20-36(34)39-35)31-17-13-26-12-11-24-7-3-8-25-14-18-32(31)38(26)37(24)25/h1-3,5,7-14,16-18,20,23,27-29,33-39H,4,6,15,19,21-22H2. The van der Waals surface area contributed by atoms with E-state index in [4.69, 9.17) is 0 Å². The SMILES string of the molecule is C1=CC2=CC=C3C=CC(C4C=CC5NC6CCC(C7=CCCC8C=CC=CC78)CC6C5C4)=C4C=CC(=C1)C2C34. The monoisotopic (exact) mass is 509 g/mol. The van der Waals surface area contributed by atoms with E-state index in [9.17, 15) is 0 Å². The van der Waals surface area contributed by atoms with Crippen molar-refractivity contribution in [2.75, 3.05) is 0 Å². The van der Waals surface area contributed by atoms with E-state index in [0.717, 1.165) is 23.7 Å². The summed E-state index contributed by atoms with van der Waals surface area (Å²) in [4.78, 5) is 0. The molecule has 2 fully saturated rings. The first-order chi connectivity index (χ1) is 19.3. The Hall–Kier alpha value is -2.90. The second kappa shape index (κ2) is 8.80. The van der Waals surface area contributed by atoms with Crippen molar-refractivity contribution in [3.63, 3.8) is 0 Å². The summed E-state index contributed by atoms with van der Waals surface area (Å²) >= 11 is 0. The normalized spacial score (nSPS) is 44.1. The van der Waals surface area contributed by atoms with Gasteiger partial charge in [-0.05, 0) is 90.1 Å². The van der Waals surface area contributed by atoms with E-state index in [-0.39, 0.29) is 0 Å². The fourth-order valence-corrected chi connectivity index (χ4v) is 10.1. The lowest BCUT2D eigenvalue weighted by molar-refractivity contribution is 0.202. The first-order valence-electron chi connectivity index (χ1n) is 15.7. The Bertz CT molecular complexity index is 1440. The largest absolute Gasteiger partial charge is 0.307 e. The highest BCUT2D eigenvalue weighted by Crippen LogP contribution is 2.54. The van der Waals surface area contributed by atoms with Crippen LogP contribution in [0.4, 0.5) is 0 Å². The van der Waals surface area contributed by atoms with Crippen LogP contribution in [0.2, 0.25) is 0 Å². The highest BCUT2D eigenvalue weighted by Gasteiger charge is 2.48. The summed E-state index contributed by atoms with van der Waals surface area (Å²) in [6, 6.07) is 1.27. The maximum atomic E-state index is 4.10. The van der Waals surface area contributed by atoms with E-state index < -0.39 is 0 Å². The molecule has 1 saturated carbocycles. The van der Waals surface area contributed by atoms with E-state index in [1.165, 1.54) is 55.2 Å². The van der Waals surface area contributed by atoms with Crippen LogP contribution in [0.1, 0.15) is 38.5 Å². The second-order valence-electron chi connectivity index (χ2n) is 13.5. The summed E-state index contributed by atoms with van der Waals surface area (Å²) in [6.07, 6.45) is 46.8. The lowest BCUT2D eigenvalue weighted by atomic mass is 9.61. The zero-order valence-corrected chi connectivity index (χ0v) is 22.8. The lowest BCUT2D eigenvalue weighted by Crippen LogP contribution is -2.36. The minimum Gasteiger partial charge on any atom is -0.307 e. The van der Waals surface area contributed by atoms with Gasteiger partial charge in [0.15, 0.2) is 0 Å². The van der Waals surface area contributed by atoms with Crippen LogP contribution in [0.25, 0.3) is 0 Å². The molecule has 0 aromatic heterocycles. The van der Waals surface area contributed by atoms with Crippen molar-refractivity contribution in [3.8, 4) is 0 Å². The molecule has 1 nitrogen and oxygen atoms in total. The first kappa shape index (κ1) is 22.9. The van der Waals surface area contributed by atoms with E-state index in [0.29, 0.717) is 35.8 Å². The topological polar surface area (TPSA) is 12.0 Å². The molecule has 1 N–H and O–H groups in total. The summed E-state index contributed by atoms with van der Waals surface area (Å²) < 4.78 is 0. The third-order valence-corrected chi connectivity index (χ3v) is 11.8. The summed E-state index contributed by atoms with van der Waals surface area (Å²) in [5, 5.41) is 4.10. The number of fused-ring (bicyclic) bond motifs is 4. The van der Waals surface area contributed by atoms with Gasteiger partial charge < -0.3 is 5.32 Å². The van der Waals surface area contributed by atoms with Gasteiger partial charge in [0.25, 0.3) is 0 Å². The molecule has 39 heavy (non-hydrogen) atoms. The molecule has 0 bridgehead atoms. The van der Waals surface area contributed by atoms with Crippen LogP contribution < -0.4 is 5.32 Å². The Labute approximate surface area is 233 Å². The molecule has 0 radical (unpaired) electrons. The quantitative estimate of drug-likeness (QED) is 0.371. The maximum Gasteiger partial charge on any atom is 0.0284 e. The predicted octanol–water partition coefficient (Wildman–Crippen LogP) is 8.05. The molecule has 10 unspecified atom stereocenters. The Morgan fingerprint density at radius 3 is 2.44 bits per heavy atom. The summed E-state index contributed by atoms with van der Waals surface area (Å²) in [7, 11) is 0. The fourth-order valence-electron chi connectivity index (χ4n) is 10.1. The van der Waals surface area contributed by atoms with Gasteiger partial charge in [-0.2, -0.15) is 0 Å². The molecular weight excluding hydrogens is 470 g/mol. The van der Waals surface area contributed by atoms with Crippen molar-refractivity contribution in [3.05, 3.63) is 131 Å². The molecule has 1 aliphatic heterocycles. The van der Waals surface area contributed by atoms with Crippen molar-refractivity contribution in [2.24, 2.45) is 47.3 Å². The number of hydrogen-bond acceptors (Lipinski definition) is 1. The van der Waals surface area contributed by atoms with Crippen LogP contribution in [0.3, 0.4) is 0 Å². The number of rotatable bonds is 2. The van der Waals surface area contributed by atoms with Gasteiger partial charge in [0, 0.05) is 35.8 Å². The van der Waals surface area contributed by atoms with E-state index >= 15 is 0 Å². The average Bonchev–Trinajstić information content (AvgIpc) is 3.37. The third kappa shape index (κ3) is 3.48. The van der Waals surface area contributed by atoms with Crippen LogP contribution in [0.15, 0.2) is 131 Å². The summed E-state index contributed by atoms with van der Waals surface area (Å²) in [5.74, 6) is 5.29. The van der Waals surface area contributed by atoms with Crippen LogP contribution in [0.5, 0.6) is 0 Å². The number of allylic oxidation sites excluding steroid dienone is 21. The maximum absolute atomic E-state index is 4.10. The van der Waals surface area contributed by atoms with Crippen LogP contribution in [-0.2, 0) is 0 Å². The van der Waals surface area contributed by atoms with Gasteiger partial charge in [-0.3, -0.25) is 0 Å². The van der Waals surface area contributed by atoms with Crippen molar-refractivity contribution in [2.45, 2.75) is 50.6 Å². The molecule has 0 amide bonds. The number of nitrogens with one attached hydrogen (secondary N) is 1. The highest BCUT2D eigenvalue weighted by atomic mass is 15.0. The molecule has 9 rings (SSSR count).